The highest BCUT2D eigenvalue weighted by Crippen LogP contribution is 2.30. The number of pyridine rings is 1. The molecule has 0 radical (unpaired) electrons. The second kappa shape index (κ2) is 9.38. The molecule has 2 aromatic heterocycles. The molecule has 1 N–H and O–H groups in total. The molecule has 3 rings (SSSR count). The van der Waals surface area contributed by atoms with Crippen molar-refractivity contribution in [3.63, 3.8) is 0 Å². The first-order valence-corrected chi connectivity index (χ1v) is 9.83. The van der Waals surface area contributed by atoms with Crippen LogP contribution in [0.25, 0.3) is 11.4 Å². The van der Waals surface area contributed by atoms with Crippen molar-refractivity contribution < 1.29 is 19.1 Å². The summed E-state index contributed by atoms with van der Waals surface area (Å²) in [6.07, 6.45) is 1.42. The maximum atomic E-state index is 13.0. The van der Waals surface area contributed by atoms with Crippen molar-refractivity contribution in [3.8, 4) is 22.9 Å². The lowest BCUT2D eigenvalue weighted by atomic mass is 10.2. The van der Waals surface area contributed by atoms with E-state index in [0.717, 1.165) is 5.56 Å². The number of hydrogen-bond acceptors (Lipinski definition) is 7. The zero-order valence-corrected chi connectivity index (χ0v) is 18.1. The Bertz CT molecular complexity index is 1080. The number of aromatic nitrogens is 4. The first-order chi connectivity index (χ1) is 14.8. The number of hydrogen-bond donors (Lipinski definition) is 1. The van der Waals surface area contributed by atoms with Crippen molar-refractivity contribution in [2.24, 2.45) is 13.0 Å². The second-order valence-electron chi connectivity index (χ2n) is 7.25. The summed E-state index contributed by atoms with van der Waals surface area (Å²) in [4.78, 5) is 33.8. The van der Waals surface area contributed by atoms with Crippen molar-refractivity contribution in [2.75, 3.05) is 7.11 Å². The minimum atomic E-state index is -0.526. The van der Waals surface area contributed by atoms with Gasteiger partial charge in [-0.25, -0.2) is 9.97 Å². The van der Waals surface area contributed by atoms with Crippen LogP contribution in [0.1, 0.15) is 43.1 Å². The van der Waals surface area contributed by atoms with Gasteiger partial charge < -0.3 is 14.8 Å². The van der Waals surface area contributed by atoms with Crippen LogP contribution in [0, 0.1) is 5.92 Å². The van der Waals surface area contributed by atoms with E-state index >= 15 is 0 Å². The molecule has 9 heteroatoms. The van der Waals surface area contributed by atoms with Crippen LogP contribution in [0.15, 0.2) is 42.6 Å². The minimum absolute atomic E-state index is 0.0173. The van der Waals surface area contributed by atoms with Crippen molar-refractivity contribution in [1.29, 1.82) is 0 Å². The Morgan fingerprint density at radius 3 is 2.45 bits per heavy atom. The molecule has 0 aliphatic rings. The molecule has 0 aliphatic carbocycles. The van der Waals surface area contributed by atoms with Gasteiger partial charge in [0.25, 0.3) is 5.91 Å². The molecule has 1 atom stereocenters. The molecule has 1 amide bonds. The number of rotatable bonds is 7. The van der Waals surface area contributed by atoms with Crippen molar-refractivity contribution in [3.05, 3.63) is 54.1 Å². The van der Waals surface area contributed by atoms with E-state index in [1.807, 2.05) is 30.3 Å². The summed E-state index contributed by atoms with van der Waals surface area (Å²) in [6.45, 7) is 5.19. The van der Waals surface area contributed by atoms with Gasteiger partial charge in [0.05, 0.1) is 19.1 Å². The number of nitrogens with one attached hydrogen (secondary N) is 1. The number of aryl methyl sites for hydroxylation is 1. The highest BCUT2D eigenvalue weighted by molar-refractivity contribution is 5.97. The fraction of sp³-hybridized carbons (Fsp3) is 0.318. The largest absolute Gasteiger partial charge is 0.493 e. The van der Waals surface area contributed by atoms with Crippen LogP contribution in [0.3, 0.4) is 0 Å². The third-order valence-electron chi connectivity index (χ3n) is 4.54. The molecule has 31 heavy (non-hydrogen) atoms. The number of methoxy groups -OCH3 is 1. The van der Waals surface area contributed by atoms with Crippen LogP contribution in [0.4, 0.5) is 0 Å². The minimum Gasteiger partial charge on any atom is -0.493 e. The van der Waals surface area contributed by atoms with E-state index in [4.69, 9.17) is 9.47 Å². The standard InChI is InChI=1S/C22H25N5O4/c1-13(2)22(29)31-18-16(30-5)11-12-23-17(18)21(28)24-14(3)20-25-19(26-27(20)4)15-9-7-6-8-10-15/h6-14H,1-5H3,(H,24,28)/t14-/m0/s1. The van der Waals surface area contributed by atoms with Crippen LogP contribution in [0.2, 0.25) is 0 Å². The Balaban J connectivity index is 1.85. The normalized spacial score (nSPS) is 11.8. The van der Waals surface area contributed by atoms with Crippen molar-refractivity contribution in [1.82, 2.24) is 25.1 Å². The summed E-state index contributed by atoms with van der Waals surface area (Å²) in [5.74, 6) is -0.0459. The Morgan fingerprint density at radius 1 is 1.10 bits per heavy atom. The average molecular weight is 423 g/mol. The van der Waals surface area contributed by atoms with Crippen LogP contribution < -0.4 is 14.8 Å². The average Bonchev–Trinajstić information content (AvgIpc) is 3.16. The van der Waals surface area contributed by atoms with E-state index < -0.39 is 17.9 Å². The SMILES string of the molecule is COc1ccnc(C(=O)N[C@@H](C)c2nc(-c3ccccc3)nn2C)c1OC(=O)C(C)C. The number of carbonyl (C=O) groups excluding carboxylic acids is 2. The zero-order chi connectivity index (χ0) is 22.5. The number of amides is 1. The van der Waals surface area contributed by atoms with Gasteiger partial charge in [-0.3, -0.25) is 14.3 Å². The Morgan fingerprint density at radius 2 is 1.81 bits per heavy atom. The number of benzene rings is 1. The van der Waals surface area contributed by atoms with Gasteiger partial charge in [0.2, 0.25) is 5.75 Å². The Hall–Kier alpha value is -3.75. The van der Waals surface area contributed by atoms with Gasteiger partial charge in [-0.1, -0.05) is 44.2 Å². The molecular formula is C22H25N5O4. The number of nitrogens with zero attached hydrogens (tertiary/aromatic N) is 4. The number of esters is 1. The Labute approximate surface area is 180 Å². The molecule has 1 aromatic carbocycles. The lowest BCUT2D eigenvalue weighted by molar-refractivity contribution is -0.137. The van der Waals surface area contributed by atoms with E-state index in [-0.39, 0.29) is 23.1 Å². The first-order valence-electron chi connectivity index (χ1n) is 9.83. The molecule has 162 valence electrons. The van der Waals surface area contributed by atoms with Gasteiger partial charge in [0.1, 0.15) is 5.82 Å². The number of ether oxygens (including phenoxy) is 2. The fourth-order valence-electron chi connectivity index (χ4n) is 2.88. The van der Waals surface area contributed by atoms with E-state index in [0.29, 0.717) is 11.6 Å². The van der Waals surface area contributed by atoms with Gasteiger partial charge in [-0.15, -0.1) is 0 Å². The second-order valence-corrected chi connectivity index (χ2v) is 7.25. The molecule has 9 nitrogen and oxygen atoms in total. The summed E-state index contributed by atoms with van der Waals surface area (Å²) in [5, 5.41) is 7.28. The van der Waals surface area contributed by atoms with E-state index in [1.54, 1.807) is 32.5 Å². The van der Waals surface area contributed by atoms with Crippen molar-refractivity contribution >= 4 is 11.9 Å². The molecule has 0 saturated carbocycles. The maximum Gasteiger partial charge on any atom is 0.313 e. The van der Waals surface area contributed by atoms with Crippen molar-refractivity contribution in [2.45, 2.75) is 26.8 Å². The highest BCUT2D eigenvalue weighted by Gasteiger charge is 2.25. The molecular weight excluding hydrogens is 398 g/mol. The van der Waals surface area contributed by atoms with Crippen LogP contribution in [-0.4, -0.2) is 38.7 Å². The third-order valence-corrected chi connectivity index (χ3v) is 4.54. The summed E-state index contributed by atoms with van der Waals surface area (Å²) >= 11 is 0. The highest BCUT2D eigenvalue weighted by atomic mass is 16.6. The Kier molecular flexibility index (Phi) is 6.64. The lowest BCUT2D eigenvalue weighted by Crippen LogP contribution is -2.30. The summed E-state index contributed by atoms with van der Waals surface area (Å²) in [6, 6.07) is 10.6. The molecule has 2 heterocycles. The molecule has 0 saturated heterocycles. The molecule has 0 spiro atoms. The quantitative estimate of drug-likeness (QED) is 0.582. The topological polar surface area (TPSA) is 108 Å². The first kappa shape index (κ1) is 21.9. The predicted molar refractivity (Wildman–Crippen MR) is 114 cm³/mol. The van der Waals surface area contributed by atoms with Gasteiger partial charge in [0, 0.05) is 24.9 Å². The van der Waals surface area contributed by atoms with E-state index in [9.17, 15) is 9.59 Å². The zero-order valence-electron chi connectivity index (χ0n) is 18.1. The summed E-state index contributed by atoms with van der Waals surface area (Å²) < 4.78 is 12.3. The lowest BCUT2D eigenvalue weighted by Gasteiger charge is -2.16. The predicted octanol–water partition coefficient (Wildman–Crippen LogP) is 2.94. The summed E-state index contributed by atoms with van der Waals surface area (Å²) in [7, 11) is 3.19. The molecule has 3 aromatic rings. The molecule has 0 aliphatic heterocycles. The molecule has 0 unspecified atom stereocenters. The van der Waals surface area contributed by atoms with E-state index in [2.05, 4.69) is 20.4 Å². The van der Waals surface area contributed by atoms with Gasteiger partial charge >= 0.3 is 5.97 Å². The van der Waals surface area contributed by atoms with Gasteiger partial charge in [-0.2, -0.15) is 5.10 Å². The van der Waals surface area contributed by atoms with Crippen LogP contribution in [-0.2, 0) is 11.8 Å². The third kappa shape index (κ3) is 4.88. The number of carbonyl (C=O) groups is 2. The van der Waals surface area contributed by atoms with Crippen LogP contribution >= 0.6 is 0 Å². The fourth-order valence-corrected chi connectivity index (χ4v) is 2.88. The monoisotopic (exact) mass is 423 g/mol. The smallest absolute Gasteiger partial charge is 0.313 e. The van der Waals surface area contributed by atoms with Gasteiger partial charge in [-0.05, 0) is 6.92 Å². The van der Waals surface area contributed by atoms with Crippen LogP contribution in [0.5, 0.6) is 11.5 Å². The maximum absolute atomic E-state index is 13.0. The van der Waals surface area contributed by atoms with Gasteiger partial charge in [0.15, 0.2) is 17.3 Å². The molecule has 0 fully saturated rings. The molecule has 0 bridgehead atoms. The van der Waals surface area contributed by atoms with E-state index in [1.165, 1.54) is 19.4 Å². The summed E-state index contributed by atoms with van der Waals surface area (Å²) in [5.41, 5.74) is 0.825.